The maximum Gasteiger partial charge on any atom is 0.0599 e. The van der Waals surface area contributed by atoms with Gasteiger partial charge in [0.1, 0.15) is 0 Å². The van der Waals surface area contributed by atoms with Gasteiger partial charge in [0.2, 0.25) is 0 Å². The summed E-state index contributed by atoms with van der Waals surface area (Å²) in [4.78, 5) is 4.89. The number of piperidine rings is 1. The van der Waals surface area contributed by atoms with E-state index >= 15 is 0 Å². The van der Waals surface area contributed by atoms with Crippen LogP contribution < -0.4 is 0 Å². The van der Waals surface area contributed by atoms with Crippen molar-refractivity contribution in [3.63, 3.8) is 0 Å². The zero-order valence-electron chi connectivity index (χ0n) is 12.7. The molecule has 0 amide bonds. The molecule has 0 atom stereocenters. The van der Waals surface area contributed by atoms with Crippen LogP contribution >= 0.6 is 0 Å². The van der Waals surface area contributed by atoms with Crippen molar-refractivity contribution in [1.82, 2.24) is 9.80 Å². The van der Waals surface area contributed by atoms with Crippen molar-refractivity contribution in [2.45, 2.75) is 51.6 Å². The first-order valence-electron chi connectivity index (χ1n) is 7.71. The Morgan fingerprint density at radius 3 is 2.33 bits per heavy atom. The smallest absolute Gasteiger partial charge is 0.0599 e. The first kappa shape index (κ1) is 15.9. The fraction of sp³-hybridized carbons (Fsp3) is 1.00. The molecule has 0 radical (unpaired) electrons. The molecule has 1 aliphatic rings. The van der Waals surface area contributed by atoms with Crippen molar-refractivity contribution < 1.29 is 4.74 Å². The van der Waals surface area contributed by atoms with Crippen molar-refractivity contribution in [3.05, 3.63) is 0 Å². The van der Waals surface area contributed by atoms with Crippen LogP contribution in [0, 0.1) is 0 Å². The Morgan fingerprint density at radius 2 is 1.72 bits per heavy atom. The van der Waals surface area contributed by atoms with E-state index in [1.165, 1.54) is 64.7 Å². The van der Waals surface area contributed by atoms with E-state index in [1.54, 1.807) is 0 Å². The lowest BCUT2D eigenvalue weighted by atomic mass is 10.1. The predicted molar refractivity (Wildman–Crippen MR) is 78.1 cm³/mol. The van der Waals surface area contributed by atoms with Gasteiger partial charge >= 0.3 is 0 Å². The highest BCUT2D eigenvalue weighted by Gasteiger charge is 2.18. The predicted octanol–water partition coefficient (Wildman–Crippen LogP) is 2.61. The molecule has 0 aliphatic carbocycles. The van der Waals surface area contributed by atoms with E-state index in [1.807, 2.05) is 0 Å². The van der Waals surface area contributed by atoms with E-state index in [-0.39, 0.29) is 0 Å². The SMILES string of the molecule is CCOC1CCN(CCCCCCN(C)C)CC1. The van der Waals surface area contributed by atoms with Gasteiger partial charge < -0.3 is 14.5 Å². The first-order chi connectivity index (χ1) is 8.72. The summed E-state index contributed by atoms with van der Waals surface area (Å²) in [7, 11) is 4.31. The van der Waals surface area contributed by atoms with Crippen molar-refractivity contribution in [2.24, 2.45) is 0 Å². The molecular weight excluding hydrogens is 224 g/mol. The molecule has 0 unspecified atom stereocenters. The summed E-state index contributed by atoms with van der Waals surface area (Å²) in [6.07, 6.45) is 8.48. The molecule has 0 aromatic rings. The Kier molecular flexibility index (Phi) is 8.64. The van der Waals surface area contributed by atoms with Gasteiger partial charge in [-0.3, -0.25) is 0 Å². The van der Waals surface area contributed by atoms with Crippen LogP contribution in [-0.4, -0.2) is 62.8 Å². The van der Waals surface area contributed by atoms with Crippen molar-refractivity contribution in [3.8, 4) is 0 Å². The van der Waals surface area contributed by atoms with Crippen molar-refractivity contribution in [1.29, 1.82) is 0 Å². The summed E-state index contributed by atoms with van der Waals surface area (Å²) in [6, 6.07) is 0. The average molecular weight is 256 g/mol. The van der Waals surface area contributed by atoms with Crippen LogP contribution in [0.4, 0.5) is 0 Å². The molecule has 1 rings (SSSR count). The van der Waals surface area contributed by atoms with Gasteiger partial charge in [-0.05, 0) is 59.8 Å². The highest BCUT2D eigenvalue weighted by atomic mass is 16.5. The molecule has 0 aromatic heterocycles. The molecule has 0 aromatic carbocycles. The first-order valence-corrected chi connectivity index (χ1v) is 7.71. The second-order valence-corrected chi connectivity index (χ2v) is 5.71. The number of hydrogen-bond acceptors (Lipinski definition) is 3. The van der Waals surface area contributed by atoms with Gasteiger partial charge in [-0.15, -0.1) is 0 Å². The van der Waals surface area contributed by atoms with Gasteiger partial charge in [0.05, 0.1) is 6.10 Å². The number of ether oxygens (including phenoxy) is 1. The fourth-order valence-electron chi connectivity index (χ4n) is 2.65. The lowest BCUT2D eigenvalue weighted by Gasteiger charge is -2.31. The number of likely N-dealkylation sites (tertiary alicyclic amines) is 1. The van der Waals surface area contributed by atoms with E-state index in [2.05, 4.69) is 30.8 Å². The maximum absolute atomic E-state index is 5.68. The molecule has 18 heavy (non-hydrogen) atoms. The molecule has 1 aliphatic heterocycles. The fourth-order valence-corrected chi connectivity index (χ4v) is 2.65. The number of rotatable bonds is 9. The van der Waals surface area contributed by atoms with Crippen molar-refractivity contribution in [2.75, 3.05) is 46.9 Å². The number of nitrogens with zero attached hydrogens (tertiary/aromatic N) is 2. The Labute approximate surface area is 113 Å². The Hall–Kier alpha value is -0.120. The minimum absolute atomic E-state index is 0.534. The third kappa shape index (κ3) is 7.34. The average Bonchev–Trinajstić information content (AvgIpc) is 2.35. The van der Waals surface area contributed by atoms with Crippen LogP contribution in [0.1, 0.15) is 45.4 Å². The van der Waals surface area contributed by atoms with E-state index in [4.69, 9.17) is 4.74 Å². The molecule has 0 spiro atoms. The Morgan fingerprint density at radius 1 is 1.06 bits per heavy atom. The molecule has 0 N–H and O–H groups in total. The minimum Gasteiger partial charge on any atom is -0.378 e. The lowest BCUT2D eigenvalue weighted by Crippen LogP contribution is -2.37. The molecule has 1 saturated heterocycles. The molecule has 3 heteroatoms. The zero-order chi connectivity index (χ0) is 13.2. The summed E-state index contributed by atoms with van der Waals surface area (Å²) in [6.45, 7) is 7.97. The van der Waals surface area contributed by atoms with Gasteiger partial charge in [0.25, 0.3) is 0 Å². The molecule has 1 fully saturated rings. The molecule has 0 saturated carbocycles. The highest BCUT2D eigenvalue weighted by molar-refractivity contribution is 4.72. The molecule has 1 heterocycles. The van der Waals surface area contributed by atoms with Crippen molar-refractivity contribution >= 4 is 0 Å². The highest BCUT2D eigenvalue weighted by Crippen LogP contribution is 2.14. The van der Waals surface area contributed by atoms with E-state index in [0.29, 0.717) is 6.10 Å². The third-order valence-corrected chi connectivity index (χ3v) is 3.77. The van der Waals surface area contributed by atoms with Crippen LogP contribution in [-0.2, 0) is 4.74 Å². The largest absolute Gasteiger partial charge is 0.378 e. The van der Waals surface area contributed by atoms with Gasteiger partial charge in [-0.2, -0.15) is 0 Å². The van der Waals surface area contributed by atoms with Gasteiger partial charge in [0, 0.05) is 19.7 Å². The number of unbranched alkanes of at least 4 members (excludes halogenated alkanes) is 3. The van der Waals surface area contributed by atoms with Crippen LogP contribution in [0.2, 0.25) is 0 Å². The van der Waals surface area contributed by atoms with Crippen LogP contribution in [0.25, 0.3) is 0 Å². The van der Waals surface area contributed by atoms with E-state index in [9.17, 15) is 0 Å². The second kappa shape index (κ2) is 9.76. The summed E-state index contributed by atoms with van der Waals surface area (Å²) in [5.41, 5.74) is 0. The van der Waals surface area contributed by atoms with Gasteiger partial charge in [-0.25, -0.2) is 0 Å². The molecule has 108 valence electrons. The van der Waals surface area contributed by atoms with Gasteiger partial charge in [-0.1, -0.05) is 12.8 Å². The maximum atomic E-state index is 5.68. The number of hydrogen-bond donors (Lipinski definition) is 0. The normalized spacial score (nSPS) is 18.7. The lowest BCUT2D eigenvalue weighted by molar-refractivity contribution is 0.0140. The molecule has 0 bridgehead atoms. The second-order valence-electron chi connectivity index (χ2n) is 5.71. The summed E-state index contributed by atoms with van der Waals surface area (Å²) in [5, 5.41) is 0. The van der Waals surface area contributed by atoms with Crippen LogP contribution in [0.15, 0.2) is 0 Å². The Bertz CT molecular complexity index is 189. The van der Waals surface area contributed by atoms with Crippen LogP contribution in [0.3, 0.4) is 0 Å². The van der Waals surface area contributed by atoms with Crippen LogP contribution in [0.5, 0.6) is 0 Å². The zero-order valence-corrected chi connectivity index (χ0v) is 12.7. The molecule has 3 nitrogen and oxygen atoms in total. The van der Waals surface area contributed by atoms with Gasteiger partial charge in [0.15, 0.2) is 0 Å². The third-order valence-electron chi connectivity index (χ3n) is 3.77. The quantitative estimate of drug-likeness (QED) is 0.590. The minimum atomic E-state index is 0.534. The summed E-state index contributed by atoms with van der Waals surface area (Å²) >= 11 is 0. The monoisotopic (exact) mass is 256 g/mol. The van der Waals surface area contributed by atoms with E-state index < -0.39 is 0 Å². The van der Waals surface area contributed by atoms with E-state index in [0.717, 1.165) is 6.61 Å². The molecular formula is C15H32N2O. The summed E-state index contributed by atoms with van der Waals surface area (Å²) in [5.74, 6) is 0. The standard InChI is InChI=1S/C15H32N2O/c1-4-18-15-9-13-17(14-10-15)12-8-6-5-7-11-16(2)3/h15H,4-14H2,1-3H3. The topological polar surface area (TPSA) is 15.7 Å². The Balaban J connectivity index is 1.91. The summed E-state index contributed by atoms with van der Waals surface area (Å²) < 4.78 is 5.68.